The normalized spacial score (nSPS) is 22.1. The molecule has 1 N–H and O–H groups in total. The van der Waals surface area contributed by atoms with E-state index < -0.39 is 0 Å². The molecule has 1 aliphatic rings. The summed E-state index contributed by atoms with van der Waals surface area (Å²) in [6, 6.07) is 0.311. The van der Waals surface area contributed by atoms with Crippen LogP contribution in [-0.2, 0) is 4.74 Å². The molecular weight excluding hydrogens is 198 g/mol. The Labute approximate surface area is 100 Å². The molecule has 1 atom stereocenters. The Bertz CT molecular complexity index is 223. The first-order valence-corrected chi connectivity index (χ1v) is 6.51. The second-order valence-electron chi connectivity index (χ2n) is 4.70. The molecule has 0 aromatic rings. The minimum Gasteiger partial charge on any atom is -0.377 e. The largest absolute Gasteiger partial charge is 0.377 e. The summed E-state index contributed by atoms with van der Waals surface area (Å²) in [4.78, 5) is 0. The third kappa shape index (κ3) is 3.23. The third-order valence-electron chi connectivity index (χ3n) is 3.76. The van der Waals surface area contributed by atoms with E-state index in [1.807, 2.05) is 7.11 Å². The van der Waals surface area contributed by atoms with Gasteiger partial charge in [-0.05, 0) is 19.4 Å². The Balaban J connectivity index is 2.76. The monoisotopic (exact) mass is 223 g/mol. The minimum absolute atomic E-state index is 0.0289. The Morgan fingerprint density at radius 3 is 2.38 bits per heavy atom. The van der Waals surface area contributed by atoms with E-state index in [0.717, 1.165) is 25.8 Å². The van der Waals surface area contributed by atoms with Crippen molar-refractivity contribution in [2.24, 2.45) is 0 Å². The van der Waals surface area contributed by atoms with Crippen molar-refractivity contribution >= 4 is 0 Å². The van der Waals surface area contributed by atoms with Gasteiger partial charge in [0, 0.05) is 19.6 Å². The zero-order valence-corrected chi connectivity index (χ0v) is 10.7. The van der Waals surface area contributed by atoms with Crippen LogP contribution in [0.5, 0.6) is 0 Å². The summed E-state index contributed by atoms with van der Waals surface area (Å²) in [5, 5.41) is 3.51. The van der Waals surface area contributed by atoms with Crippen LogP contribution in [0, 0.1) is 12.3 Å². The van der Waals surface area contributed by atoms with Crippen LogP contribution >= 0.6 is 0 Å². The van der Waals surface area contributed by atoms with Gasteiger partial charge in [0.2, 0.25) is 0 Å². The maximum atomic E-state index is 5.87. The molecule has 0 saturated heterocycles. The molecule has 1 fully saturated rings. The van der Waals surface area contributed by atoms with Crippen LogP contribution in [0.3, 0.4) is 0 Å². The van der Waals surface area contributed by atoms with Gasteiger partial charge in [0.1, 0.15) is 0 Å². The van der Waals surface area contributed by atoms with Crippen LogP contribution in [0.2, 0.25) is 0 Å². The first kappa shape index (κ1) is 13.5. The zero-order valence-electron chi connectivity index (χ0n) is 10.7. The van der Waals surface area contributed by atoms with E-state index in [2.05, 4.69) is 18.2 Å². The summed E-state index contributed by atoms with van der Waals surface area (Å²) in [6.45, 7) is 3.08. The van der Waals surface area contributed by atoms with Gasteiger partial charge in [0.15, 0.2) is 0 Å². The lowest BCUT2D eigenvalue weighted by atomic mass is 9.84. The highest BCUT2D eigenvalue weighted by Gasteiger charge is 2.38. The SMILES string of the molecule is C#CCC(NCC)C1(OC)CCCCCC1. The predicted molar refractivity (Wildman–Crippen MR) is 68.4 cm³/mol. The molecular formula is C14H25NO. The number of nitrogens with one attached hydrogen (secondary N) is 1. The van der Waals surface area contributed by atoms with E-state index in [4.69, 9.17) is 11.2 Å². The summed E-state index contributed by atoms with van der Waals surface area (Å²) in [5.41, 5.74) is -0.0289. The van der Waals surface area contributed by atoms with E-state index >= 15 is 0 Å². The average molecular weight is 223 g/mol. The van der Waals surface area contributed by atoms with Crippen LogP contribution in [0.25, 0.3) is 0 Å². The van der Waals surface area contributed by atoms with Crippen molar-refractivity contribution < 1.29 is 4.74 Å². The Hall–Kier alpha value is -0.520. The van der Waals surface area contributed by atoms with Crippen LogP contribution in [0.1, 0.15) is 51.9 Å². The van der Waals surface area contributed by atoms with E-state index in [-0.39, 0.29) is 5.60 Å². The Morgan fingerprint density at radius 1 is 1.31 bits per heavy atom. The van der Waals surface area contributed by atoms with Gasteiger partial charge in [0.05, 0.1) is 5.60 Å². The van der Waals surface area contributed by atoms with Crippen LogP contribution < -0.4 is 5.32 Å². The van der Waals surface area contributed by atoms with Gasteiger partial charge < -0.3 is 10.1 Å². The van der Waals surface area contributed by atoms with Gasteiger partial charge >= 0.3 is 0 Å². The van der Waals surface area contributed by atoms with Crippen molar-refractivity contribution in [2.45, 2.75) is 63.5 Å². The van der Waals surface area contributed by atoms with E-state index in [0.29, 0.717) is 6.04 Å². The molecule has 2 nitrogen and oxygen atoms in total. The summed E-state index contributed by atoms with van der Waals surface area (Å²) < 4.78 is 5.87. The average Bonchev–Trinajstić information content (AvgIpc) is 2.55. The van der Waals surface area contributed by atoms with Crippen LogP contribution in [0.15, 0.2) is 0 Å². The fourth-order valence-corrected chi connectivity index (χ4v) is 2.83. The van der Waals surface area contributed by atoms with Gasteiger partial charge in [-0.1, -0.05) is 32.6 Å². The molecule has 1 aliphatic carbocycles. The Morgan fingerprint density at radius 2 is 1.94 bits per heavy atom. The molecule has 0 heterocycles. The molecule has 1 saturated carbocycles. The van der Waals surface area contributed by atoms with Crippen LogP contribution in [0.4, 0.5) is 0 Å². The van der Waals surface area contributed by atoms with Gasteiger partial charge in [-0.25, -0.2) is 0 Å². The van der Waals surface area contributed by atoms with Crippen molar-refractivity contribution in [3.8, 4) is 12.3 Å². The van der Waals surface area contributed by atoms with Gasteiger partial charge in [0.25, 0.3) is 0 Å². The van der Waals surface area contributed by atoms with Crippen molar-refractivity contribution in [3.63, 3.8) is 0 Å². The molecule has 0 bridgehead atoms. The highest BCUT2D eigenvalue weighted by molar-refractivity contribution is 5.01. The predicted octanol–water partition coefficient (Wildman–Crippen LogP) is 2.73. The second kappa shape index (κ2) is 6.93. The molecule has 1 unspecified atom stereocenters. The lowest BCUT2D eigenvalue weighted by molar-refractivity contribution is -0.0511. The number of likely N-dealkylation sites (N-methyl/N-ethyl adjacent to an activating group) is 1. The molecule has 0 spiro atoms. The maximum Gasteiger partial charge on any atom is 0.0840 e. The smallest absolute Gasteiger partial charge is 0.0840 e. The lowest BCUT2D eigenvalue weighted by Gasteiger charge is -2.39. The number of hydrogen-bond donors (Lipinski definition) is 1. The number of ether oxygens (including phenoxy) is 1. The first-order chi connectivity index (χ1) is 7.79. The van der Waals surface area contributed by atoms with E-state index in [1.165, 1.54) is 25.7 Å². The maximum absolute atomic E-state index is 5.87. The topological polar surface area (TPSA) is 21.3 Å². The van der Waals surface area contributed by atoms with E-state index in [9.17, 15) is 0 Å². The number of terminal acetylenes is 1. The number of hydrogen-bond acceptors (Lipinski definition) is 2. The second-order valence-corrected chi connectivity index (χ2v) is 4.70. The lowest BCUT2D eigenvalue weighted by Crippen LogP contribution is -2.51. The summed E-state index contributed by atoms with van der Waals surface area (Å²) in [7, 11) is 1.84. The zero-order chi connectivity index (χ0) is 11.9. The van der Waals surface area contributed by atoms with Gasteiger partial charge in [-0.3, -0.25) is 0 Å². The summed E-state index contributed by atoms with van der Waals surface area (Å²) in [5.74, 6) is 2.79. The standard InChI is InChI=1S/C14H25NO/c1-4-10-13(15-5-2)14(16-3)11-8-6-7-9-12-14/h1,13,15H,5-12H2,2-3H3. The van der Waals surface area contributed by atoms with Crippen molar-refractivity contribution in [3.05, 3.63) is 0 Å². The van der Waals surface area contributed by atoms with E-state index in [1.54, 1.807) is 0 Å². The fraction of sp³-hybridized carbons (Fsp3) is 0.857. The Kier molecular flexibility index (Phi) is 5.87. The molecule has 16 heavy (non-hydrogen) atoms. The van der Waals surface area contributed by atoms with Gasteiger partial charge in [-0.2, -0.15) is 0 Å². The number of rotatable bonds is 5. The van der Waals surface area contributed by atoms with Gasteiger partial charge in [-0.15, -0.1) is 12.3 Å². The molecule has 0 aromatic carbocycles. The number of methoxy groups -OCH3 is 1. The quantitative estimate of drug-likeness (QED) is 0.571. The molecule has 0 amide bonds. The van der Waals surface area contributed by atoms with Crippen molar-refractivity contribution in [2.75, 3.05) is 13.7 Å². The first-order valence-electron chi connectivity index (χ1n) is 6.51. The molecule has 1 rings (SSSR count). The summed E-state index contributed by atoms with van der Waals surface area (Å²) >= 11 is 0. The molecule has 0 radical (unpaired) electrons. The third-order valence-corrected chi connectivity index (χ3v) is 3.76. The highest BCUT2D eigenvalue weighted by atomic mass is 16.5. The molecule has 92 valence electrons. The van der Waals surface area contributed by atoms with Crippen LogP contribution in [-0.4, -0.2) is 25.3 Å². The molecule has 2 heteroatoms. The summed E-state index contributed by atoms with van der Waals surface area (Å²) in [6.07, 6.45) is 13.7. The van der Waals surface area contributed by atoms with Crippen molar-refractivity contribution in [1.29, 1.82) is 0 Å². The molecule has 0 aliphatic heterocycles. The molecule has 0 aromatic heterocycles. The minimum atomic E-state index is -0.0289. The highest BCUT2D eigenvalue weighted by Crippen LogP contribution is 2.34. The van der Waals surface area contributed by atoms with Crippen molar-refractivity contribution in [1.82, 2.24) is 5.32 Å². The fourth-order valence-electron chi connectivity index (χ4n) is 2.83.